The molecular weight excluding hydrogens is 465 g/mol. The lowest BCUT2D eigenvalue weighted by Gasteiger charge is -2.12. The highest BCUT2D eigenvalue weighted by atomic mass is 19.1. The molecule has 36 heavy (non-hydrogen) atoms. The molecule has 2 amide bonds. The molecule has 0 aliphatic heterocycles. The van der Waals surface area contributed by atoms with Gasteiger partial charge in [-0.3, -0.25) is 9.59 Å². The number of esters is 1. The van der Waals surface area contributed by atoms with Crippen LogP contribution in [0, 0.1) is 12.7 Å². The van der Waals surface area contributed by atoms with Crippen molar-refractivity contribution in [2.24, 2.45) is 0 Å². The molecule has 2 aromatic heterocycles. The number of carbonyl (C=O) groups excluding carboxylic acids is 3. The number of nitrogens with one attached hydrogen (secondary N) is 2. The monoisotopic (exact) mass is 489 g/mol. The molecular formula is C26H24FN5O4. The number of amides is 2. The minimum Gasteiger partial charge on any atom is -0.462 e. The van der Waals surface area contributed by atoms with Crippen LogP contribution < -0.4 is 10.6 Å². The third-order valence-electron chi connectivity index (χ3n) is 5.36. The average molecular weight is 490 g/mol. The summed E-state index contributed by atoms with van der Waals surface area (Å²) in [7, 11) is 0. The van der Waals surface area contributed by atoms with Crippen molar-refractivity contribution in [3.63, 3.8) is 0 Å². The number of carbonyl (C=O) groups is 3. The van der Waals surface area contributed by atoms with Crippen LogP contribution in [0.1, 0.15) is 35.7 Å². The third-order valence-corrected chi connectivity index (χ3v) is 5.36. The van der Waals surface area contributed by atoms with E-state index >= 15 is 0 Å². The molecule has 10 heteroatoms. The number of aryl methyl sites for hydroxylation is 1. The maximum atomic E-state index is 13.0. The zero-order valence-corrected chi connectivity index (χ0v) is 19.7. The van der Waals surface area contributed by atoms with Crippen LogP contribution in [0.3, 0.4) is 0 Å². The van der Waals surface area contributed by atoms with Gasteiger partial charge in [0.1, 0.15) is 11.4 Å². The number of pyridine rings is 1. The first-order valence-electron chi connectivity index (χ1n) is 11.3. The van der Waals surface area contributed by atoms with Crippen LogP contribution in [0.2, 0.25) is 0 Å². The van der Waals surface area contributed by atoms with Crippen molar-refractivity contribution in [1.82, 2.24) is 14.8 Å². The lowest BCUT2D eigenvalue weighted by atomic mass is 10.1. The van der Waals surface area contributed by atoms with E-state index in [2.05, 4.69) is 20.7 Å². The van der Waals surface area contributed by atoms with Gasteiger partial charge in [0.05, 0.1) is 18.3 Å². The summed E-state index contributed by atoms with van der Waals surface area (Å²) < 4.78 is 19.5. The highest BCUT2D eigenvalue weighted by Crippen LogP contribution is 2.24. The van der Waals surface area contributed by atoms with Gasteiger partial charge in [-0.05, 0) is 55.8 Å². The SMILES string of the molecule is CCOC(=O)c1cnn(-c2cc(C)c3ccccc3n2)c1NC(=O)CCC(=O)Nc1ccc(F)cc1. The Morgan fingerprint density at radius 2 is 1.69 bits per heavy atom. The summed E-state index contributed by atoms with van der Waals surface area (Å²) in [4.78, 5) is 42.1. The number of aromatic nitrogens is 3. The van der Waals surface area contributed by atoms with Crippen LogP contribution in [-0.4, -0.2) is 39.2 Å². The smallest absolute Gasteiger partial charge is 0.343 e. The van der Waals surface area contributed by atoms with Gasteiger partial charge in [0.15, 0.2) is 11.6 Å². The Morgan fingerprint density at radius 1 is 1.00 bits per heavy atom. The molecule has 9 nitrogen and oxygen atoms in total. The molecule has 0 spiro atoms. The highest BCUT2D eigenvalue weighted by Gasteiger charge is 2.23. The lowest BCUT2D eigenvalue weighted by Crippen LogP contribution is -2.20. The Labute approximate surface area is 206 Å². The first-order chi connectivity index (χ1) is 17.4. The fraction of sp³-hybridized carbons (Fsp3) is 0.192. The molecule has 0 saturated heterocycles. The van der Waals surface area contributed by atoms with Crippen molar-refractivity contribution >= 4 is 40.2 Å². The van der Waals surface area contributed by atoms with Crippen LogP contribution in [0.25, 0.3) is 16.7 Å². The van der Waals surface area contributed by atoms with Crippen LogP contribution in [0.5, 0.6) is 0 Å². The van der Waals surface area contributed by atoms with Crippen molar-refractivity contribution in [2.45, 2.75) is 26.7 Å². The van der Waals surface area contributed by atoms with Crippen molar-refractivity contribution in [3.8, 4) is 5.82 Å². The minimum absolute atomic E-state index is 0.0635. The summed E-state index contributed by atoms with van der Waals surface area (Å²) in [6, 6.07) is 14.7. The van der Waals surface area contributed by atoms with Gasteiger partial charge in [0.25, 0.3) is 0 Å². The number of hydrogen-bond donors (Lipinski definition) is 2. The molecule has 0 aliphatic rings. The van der Waals surface area contributed by atoms with Gasteiger partial charge in [-0.2, -0.15) is 9.78 Å². The van der Waals surface area contributed by atoms with E-state index in [1.807, 2.05) is 31.2 Å². The number of hydrogen-bond acceptors (Lipinski definition) is 6. The fourth-order valence-corrected chi connectivity index (χ4v) is 3.62. The number of halogens is 1. The van der Waals surface area contributed by atoms with Gasteiger partial charge < -0.3 is 15.4 Å². The molecule has 2 heterocycles. The van der Waals surface area contributed by atoms with E-state index in [1.54, 1.807) is 13.0 Å². The predicted molar refractivity (Wildman–Crippen MR) is 132 cm³/mol. The van der Waals surface area contributed by atoms with Gasteiger partial charge in [-0.25, -0.2) is 14.2 Å². The highest BCUT2D eigenvalue weighted by molar-refractivity contribution is 6.02. The first kappa shape index (κ1) is 24.5. The van der Waals surface area contributed by atoms with Crippen LogP contribution >= 0.6 is 0 Å². The molecule has 2 N–H and O–H groups in total. The molecule has 0 unspecified atom stereocenters. The minimum atomic E-state index is -0.648. The Balaban J connectivity index is 1.55. The van der Waals surface area contributed by atoms with Gasteiger partial charge in [-0.15, -0.1) is 0 Å². The largest absolute Gasteiger partial charge is 0.462 e. The second-order valence-corrected chi connectivity index (χ2v) is 7.96. The number of benzene rings is 2. The van der Waals surface area contributed by atoms with Crippen LogP contribution in [-0.2, 0) is 14.3 Å². The third kappa shape index (κ3) is 5.54. The molecule has 2 aromatic carbocycles. The molecule has 0 radical (unpaired) electrons. The summed E-state index contributed by atoms with van der Waals surface area (Å²) in [5, 5.41) is 10.5. The van der Waals surface area contributed by atoms with Crippen molar-refractivity contribution < 1.29 is 23.5 Å². The van der Waals surface area contributed by atoms with E-state index in [1.165, 1.54) is 35.1 Å². The molecule has 0 atom stereocenters. The fourth-order valence-electron chi connectivity index (χ4n) is 3.62. The molecule has 4 aromatic rings. The summed E-state index contributed by atoms with van der Waals surface area (Å²) >= 11 is 0. The maximum Gasteiger partial charge on any atom is 0.343 e. The quantitative estimate of drug-likeness (QED) is 0.355. The second kappa shape index (κ2) is 10.8. The van der Waals surface area contributed by atoms with Gasteiger partial charge in [0, 0.05) is 23.9 Å². The van der Waals surface area contributed by atoms with Crippen LogP contribution in [0.15, 0.2) is 60.8 Å². The number of rotatable bonds is 8. The topological polar surface area (TPSA) is 115 Å². The normalized spacial score (nSPS) is 10.8. The molecule has 0 fully saturated rings. The molecule has 0 aliphatic carbocycles. The van der Waals surface area contributed by atoms with Crippen molar-refractivity contribution in [1.29, 1.82) is 0 Å². The number of para-hydroxylation sites is 1. The lowest BCUT2D eigenvalue weighted by molar-refractivity contribution is -0.121. The number of nitrogens with zero attached hydrogens (tertiary/aromatic N) is 3. The summed E-state index contributed by atoms with van der Waals surface area (Å²) in [6.45, 7) is 3.75. The maximum absolute atomic E-state index is 13.0. The van der Waals surface area contributed by atoms with E-state index in [4.69, 9.17) is 4.74 Å². The molecule has 0 bridgehead atoms. The summed E-state index contributed by atoms with van der Waals surface area (Å²) in [5.74, 6) is -1.48. The molecule has 4 rings (SSSR count). The van der Waals surface area contributed by atoms with Crippen LogP contribution in [0.4, 0.5) is 15.9 Å². The van der Waals surface area contributed by atoms with Crippen molar-refractivity contribution in [2.75, 3.05) is 17.2 Å². The number of fused-ring (bicyclic) bond motifs is 1. The van der Waals surface area contributed by atoms with Gasteiger partial charge >= 0.3 is 5.97 Å². The Morgan fingerprint density at radius 3 is 2.42 bits per heavy atom. The Hall–Kier alpha value is -4.60. The first-order valence-corrected chi connectivity index (χ1v) is 11.3. The summed E-state index contributed by atoms with van der Waals surface area (Å²) in [6.07, 6.45) is 1.02. The zero-order chi connectivity index (χ0) is 25.7. The Kier molecular flexibility index (Phi) is 7.33. The van der Waals surface area contributed by atoms with Crippen molar-refractivity contribution in [3.05, 3.63) is 77.7 Å². The predicted octanol–water partition coefficient (Wildman–Crippen LogP) is 4.40. The van der Waals surface area contributed by atoms with E-state index in [9.17, 15) is 18.8 Å². The zero-order valence-electron chi connectivity index (χ0n) is 19.7. The number of ether oxygens (including phenoxy) is 1. The Bertz CT molecular complexity index is 1430. The second-order valence-electron chi connectivity index (χ2n) is 7.96. The number of anilines is 2. The molecule has 0 saturated carbocycles. The van der Waals surface area contributed by atoms with E-state index in [0.29, 0.717) is 11.5 Å². The van der Waals surface area contributed by atoms with E-state index in [-0.39, 0.29) is 30.8 Å². The van der Waals surface area contributed by atoms with Gasteiger partial charge in [-0.1, -0.05) is 18.2 Å². The average Bonchev–Trinajstić information content (AvgIpc) is 3.28. The van der Waals surface area contributed by atoms with E-state index in [0.717, 1.165) is 16.5 Å². The molecule has 184 valence electrons. The van der Waals surface area contributed by atoms with Gasteiger partial charge in [0.2, 0.25) is 11.8 Å². The van der Waals surface area contributed by atoms with E-state index < -0.39 is 23.6 Å². The summed E-state index contributed by atoms with van der Waals surface area (Å²) in [5.41, 5.74) is 2.16. The standard InChI is InChI=1S/C26H24FN5O4/c1-3-36-26(35)20-15-28-32(22-14-16(2)19-6-4-5-7-21(19)30-22)25(20)31-24(34)13-12-23(33)29-18-10-8-17(27)9-11-18/h4-11,14-15H,3,12-13H2,1-2H3,(H,29,33)(H,31,34).